The van der Waals surface area contributed by atoms with Crippen molar-refractivity contribution in [3.8, 4) is 22.5 Å². The molecule has 32 heavy (non-hydrogen) atoms. The molecule has 2 aromatic heterocycles. The van der Waals surface area contributed by atoms with E-state index < -0.39 is 5.91 Å². The number of aromatic amines is 1. The van der Waals surface area contributed by atoms with Crippen LogP contribution in [0.25, 0.3) is 22.5 Å². The lowest BCUT2D eigenvalue weighted by Crippen LogP contribution is -2.35. The van der Waals surface area contributed by atoms with Crippen molar-refractivity contribution in [1.29, 1.82) is 0 Å². The quantitative estimate of drug-likeness (QED) is 0.616. The summed E-state index contributed by atoms with van der Waals surface area (Å²) >= 11 is 0. The second-order valence-electron chi connectivity index (χ2n) is 8.49. The van der Waals surface area contributed by atoms with E-state index in [1.54, 1.807) is 12.4 Å². The van der Waals surface area contributed by atoms with E-state index in [9.17, 15) is 4.79 Å². The van der Waals surface area contributed by atoms with Gasteiger partial charge in [0.05, 0.1) is 25.0 Å². The maximum atomic E-state index is 12.3. The molecule has 0 saturated carbocycles. The zero-order chi connectivity index (χ0) is 21.9. The number of furan rings is 1. The van der Waals surface area contributed by atoms with Gasteiger partial charge in [0.1, 0.15) is 5.76 Å². The van der Waals surface area contributed by atoms with Crippen LogP contribution in [0.5, 0.6) is 0 Å². The molecule has 5 rings (SSSR count). The van der Waals surface area contributed by atoms with Gasteiger partial charge in [-0.05, 0) is 37.0 Å². The number of hydrogen-bond acceptors (Lipinski definition) is 6. The number of nitrogens with one attached hydrogen (secondary N) is 1. The molecule has 3 N–H and O–H groups in total. The Morgan fingerprint density at radius 1 is 1.06 bits per heavy atom. The van der Waals surface area contributed by atoms with Gasteiger partial charge >= 0.3 is 0 Å². The van der Waals surface area contributed by atoms with Crippen molar-refractivity contribution in [3.63, 3.8) is 0 Å². The van der Waals surface area contributed by atoms with Gasteiger partial charge in [0.25, 0.3) is 5.91 Å². The smallest absolute Gasteiger partial charge is 0.285 e. The van der Waals surface area contributed by atoms with Crippen molar-refractivity contribution in [2.75, 3.05) is 44.3 Å². The molecule has 0 unspecified atom stereocenters. The fraction of sp³-hybridized carbons (Fsp3) is 0.417. The normalized spacial score (nSPS) is 17.6. The van der Waals surface area contributed by atoms with Gasteiger partial charge in [-0.3, -0.25) is 14.8 Å². The van der Waals surface area contributed by atoms with Crippen LogP contribution in [0.1, 0.15) is 35.4 Å². The fourth-order valence-electron chi connectivity index (χ4n) is 4.62. The monoisotopic (exact) mass is 435 g/mol. The average Bonchev–Trinajstić information content (AvgIpc) is 3.51. The van der Waals surface area contributed by atoms with Crippen molar-refractivity contribution in [3.05, 3.63) is 48.0 Å². The Kier molecular flexibility index (Phi) is 5.96. The second-order valence-corrected chi connectivity index (χ2v) is 8.49. The number of morpholine rings is 1. The van der Waals surface area contributed by atoms with Crippen LogP contribution in [0.3, 0.4) is 0 Å². The summed E-state index contributed by atoms with van der Waals surface area (Å²) in [6.45, 7) is 6.36. The van der Waals surface area contributed by atoms with E-state index >= 15 is 0 Å². The predicted octanol–water partition coefficient (Wildman–Crippen LogP) is 3.26. The van der Waals surface area contributed by atoms with E-state index in [1.165, 1.54) is 24.8 Å². The van der Waals surface area contributed by atoms with Gasteiger partial charge in [-0.15, -0.1) is 0 Å². The number of piperidine rings is 1. The van der Waals surface area contributed by atoms with Gasteiger partial charge in [0.15, 0.2) is 5.76 Å². The van der Waals surface area contributed by atoms with Crippen molar-refractivity contribution < 1.29 is 13.9 Å². The summed E-state index contributed by atoms with van der Waals surface area (Å²) < 4.78 is 11.4. The minimum atomic E-state index is -0.572. The van der Waals surface area contributed by atoms with Crippen molar-refractivity contribution in [1.82, 2.24) is 15.1 Å². The highest BCUT2D eigenvalue weighted by atomic mass is 16.5. The molecule has 2 fully saturated rings. The standard InChI is InChI=1S/C24H29N5O3/c25-24(30)23-20(13-22(32-23)18-14-26-27-15-18)19-5-4-17(16-28-8-10-31-11-9-28)12-21(19)29-6-2-1-3-7-29/h4-5,12-15H,1-3,6-11,16H2,(H2,25,30)(H,26,27). The molecular weight excluding hydrogens is 406 g/mol. The highest BCUT2D eigenvalue weighted by molar-refractivity contribution is 6.00. The number of primary amides is 1. The summed E-state index contributed by atoms with van der Waals surface area (Å²) in [6.07, 6.45) is 7.00. The van der Waals surface area contributed by atoms with Crippen LogP contribution < -0.4 is 10.6 Å². The largest absolute Gasteiger partial charge is 0.450 e. The minimum Gasteiger partial charge on any atom is -0.450 e. The Balaban J connectivity index is 1.55. The van der Waals surface area contributed by atoms with Gasteiger partial charge in [-0.1, -0.05) is 12.1 Å². The zero-order valence-electron chi connectivity index (χ0n) is 18.2. The number of rotatable bonds is 6. The Morgan fingerprint density at radius 2 is 1.88 bits per heavy atom. The van der Waals surface area contributed by atoms with Crippen LogP contribution in [0.4, 0.5) is 5.69 Å². The van der Waals surface area contributed by atoms with E-state index in [1.807, 2.05) is 6.07 Å². The molecule has 0 aliphatic carbocycles. The lowest BCUT2D eigenvalue weighted by atomic mass is 9.98. The topological polar surface area (TPSA) is 101 Å². The molecule has 168 valence electrons. The number of amides is 1. The molecule has 0 bridgehead atoms. The molecule has 1 aromatic carbocycles. The molecule has 4 heterocycles. The first-order valence-corrected chi connectivity index (χ1v) is 11.3. The van der Waals surface area contributed by atoms with Crippen molar-refractivity contribution >= 4 is 11.6 Å². The zero-order valence-corrected chi connectivity index (χ0v) is 18.2. The number of ether oxygens (including phenoxy) is 1. The number of nitrogens with zero attached hydrogens (tertiary/aromatic N) is 3. The third-order valence-electron chi connectivity index (χ3n) is 6.30. The molecule has 2 saturated heterocycles. The number of benzene rings is 1. The van der Waals surface area contributed by atoms with Crippen LogP contribution in [-0.2, 0) is 11.3 Å². The summed E-state index contributed by atoms with van der Waals surface area (Å²) in [6, 6.07) is 8.42. The Morgan fingerprint density at radius 3 is 2.59 bits per heavy atom. The Bertz CT molecular complexity index is 1060. The minimum absolute atomic E-state index is 0.181. The molecule has 8 nitrogen and oxygen atoms in total. The van der Waals surface area contributed by atoms with E-state index in [4.69, 9.17) is 14.9 Å². The Hall–Kier alpha value is -3.10. The molecule has 2 aliphatic rings. The fourth-order valence-corrected chi connectivity index (χ4v) is 4.62. The third kappa shape index (κ3) is 4.28. The van der Waals surface area contributed by atoms with E-state index in [2.05, 4.69) is 38.2 Å². The summed E-state index contributed by atoms with van der Waals surface area (Å²) in [5.74, 6) is 0.182. The maximum absolute atomic E-state index is 12.3. The number of H-pyrrole nitrogens is 1. The number of carbonyl (C=O) groups excluding carboxylic acids is 1. The van der Waals surface area contributed by atoms with Crippen molar-refractivity contribution in [2.24, 2.45) is 5.73 Å². The third-order valence-corrected chi connectivity index (χ3v) is 6.30. The Labute approximate surface area is 187 Å². The van der Waals surface area contributed by atoms with E-state index in [0.29, 0.717) is 5.76 Å². The first-order chi connectivity index (χ1) is 15.7. The van der Waals surface area contributed by atoms with E-state index in [-0.39, 0.29) is 5.76 Å². The van der Waals surface area contributed by atoms with Gasteiger partial charge in [-0.2, -0.15) is 5.10 Å². The van der Waals surface area contributed by atoms with E-state index in [0.717, 1.165) is 68.3 Å². The number of anilines is 1. The van der Waals surface area contributed by atoms with Gasteiger partial charge in [0.2, 0.25) is 0 Å². The number of nitrogens with two attached hydrogens (primary N) is 1. The first kappa shape index (κ1) is 20.8. The molecule has 8 heteroatoms. The highest BCUT2D eigenvalue weighted by Gasteiger charge is 2.24. The number of hydrogen-bond donors (Lipinski definition) is 2. The van der Waals surface area contributed by atoms with Gasteiger partial charge in [-0.25, -0.2) is 0 Å². The molecule has 0 atom stereocenters. The lowest BCUT2D eigenvalue weighted by Gasteiger charge is -2.32. The molecule has 0 spiro atoms. The van der Waals surface area contributed by atoms with Crippen LogP contribution in [0.2, 0.25) is 0 Å². The SMILES string of the molecule is NC(=O)c1oc(-c2cn[nH]c2)cc1-c1ccc(CN2CCOCC2)cc1N1CCCCC1. The van der Waals surface area contributed by atoms with Crippen LogP contribution >= 0.6 is 0 Å². The van der Waals surface area contributed by atoms with Gasteiger partial charge in [0, 0.05) is 55.7 Å². The molecule has 3 aromatic rings. The molecular formula is C24H29N5O3. The number of carbonyl (C=O) groups is 1. The van der Waals surface area contributed by atoms with Crippen LogP contribution in [-0.4, -0.2) is 60.4 Å². The molecule has 0 radical (unpaired) electrons. The van der Waals surface area contributed by atoms with Crippen molar-refractivity contribution in [2.45, 2.75) is 25.8 Å². The van der Waals surface area contributed by atoms with Crippen LogP contribution in [0, 0.1) is 0 Å². The highest BCUT2D eigenvalue weighted by Crippen LogP contribution is 2.39. The average molecular weight is 436 g/mol. The predicted molar refractivity (Wildman–Crippen MR) is 122 cm³/mol. The molecule has 1 amide bonds. The van der Waals surface area contributed by atoms with Crippen LogP contribution in [0.15, 0.2) is 41.1 Å². The summed E-state index contributed by atoms with van der Waals surface area (Å²) in [5, 5.41) is 6.78. The first-order valence-electron chi connectivity index (χ1n) is 11.3. The summed E-state index contributed by atoms with van der Waals surface area (Å²) in [5.41, 5.74) is 10.6. The maximum Gasteiger partial charge on any atom is 0.285 e. The summed E-state index contributed by atoms with van der Waals surface area (Å²) in [4.78, 5) is 17.1. The number of aromatic nitrogens is 2. The molecule has 2 aliphatic heterocycles. The lowest BCUT2D eigenvalue weighted by molar-refractivity contribution is 0.0342. The summed E-state index contributed by atoms with van der Waals surface area (Å²) in [7, 11) is 0. The second kappa shape index (κ2) is 9.18. The van der Waals surface area contributed by atoms with Gasteiger partial charge < -0.3 is 19.8 Å².